The van der Waals surface area contributed by atoms with E-state index >= 15 is 0 Å². The molecule has 2 aromatic carbocycles. The minimum absolute atomic E-state index is 0.641. The van der Waals surface area contributed by atoms with Crippen LogP contribution in [0, 0.1) is 6.92 Å². The van der Waals surface area contributed by atoms with Gasteiger partial charge in [0.25, 0.3) is 0 Å². The highest BCUT2D eigenvalue weighted by molar-refractivity contribution is 7.79. The molecule has 22 heavy (non-hydrogen) atoms. The summed E-state index contributed by atoms with van der Waals surface area (Å²) in [6, 6.07) is 18.8. The molecule has 0 spiro atoms. The number of benzene rings is 2. The van der Waals surface area contributed by atoms with E-state index in [4.69, 9.17) is 12.2 Å². The van der Waals surface area contributed by atoms with Gasteiger partial charge in [0, 0.05) is 16.6 Å². The second-order valence-corrected chi connectivity index (χ2v) is 5.47. The average molecular weight is 309 g/mol. The fourth-order valence-electron chi connectivity index (χ4n) is 2.97. The molecule has 4 heteroatoms. The van der Waals surface area contributed by atoms with Crippen molar-refractivity contribution in [3.05, 3.63) is 71.9 Å². The number of nitrogens with zero attached hydrogens (tertiary/aromatic N) is 1. The van der Waals surface area contributed by atoms with E-state index in [0.29, 0.717) is 5.56 Å². The van der Waals surface area contributed by atoms with Crippen LogP contribution < -0.4 is 0 Å². The number of rotatable bonds is 4. The summed E-state index contributed by atoms with van der Waals surface area (Å²) in [5.74, 6) is -0.988. The van der Waals surface area contributed by atoms with Crippen LogP contribution in [0.1, 0.15) is 11.3 Å². The van der Waals surface area contributed by atoms with E-state index in [0.717, 1.165) is 16.6 Å². The molecule has 1 unspecified atom stereocenters. The Hall–Kier alpha value is -2.46. The third-order valence-corrected chi connectivity index (χ3v) is 4.30. The van der Waals surface area contributed by atoms with E-state index in [1.807, 2.05) is 55.5 Å². The highest BCUT2D eigenvalue weighted by Gasteiger charge is 2.41. The van der Waals surface area contributed by atoms with Crippen molar-refractivity contribution in [2.45, 2.75) is 12.5 Å². The van der Waals surface area contributed by atoms with Crippen molar-refractivity contribution < 1.29 is 9.90 Å². The normalized spacial score (nSPS) is 13.7. The Kier molecular flexibility index (Phi) is 3.54. The molecule has 0 radical (unpaired) electrons. The number of thiocarbonyl (C=S) groups is 1. The van der Waals surface area contributed by atoms with E-state index in [1.54, 1.807) is 16.7 Å². The predicted octanol–water partition coefficient (Wildman–Crippen LogP) is 3.78. The maximum Gasteiger partial charge on any atom is 0.339 e. The summed E-state index contributed by atoms with van der Waals surface area (Å²) in [6.45, 7) is 1.90. The molecule has 1 aromatic heterocycles. The monoisotopic (exact) mass is 309 g/mol. The second kappa shape index (κ2) is 5.39. The number of carboxylic acid groups (broad SMARTS) is 1. The summed E-state index contributed by atoms with van der Waals surface area (Å²) in [6.07, 6.45) is 0. The number of hydrogen-bond acceptors (Lipinski definition) is 2. The molecule has 110 valence electrons. The highest BCUT2D eigenvalue weighted by atomic mass is 32.1. The van der Waals surface area contributed by atoms with Crippen molar-refractivity contribution in [3.8, 4) is 0 Å². The quantitative estimate of drug-likeness (QED) is 0.746. The van der Waals surface area contributed by atoms with Crippen LogP contribution >= 0.6 is 12.2 Å². The van der Waals surface area contributed by atoms with Gasteiger partial charge in [0.1, 0.15) is 0 Å². The first-order valence-electron chi connectivity index (χ1n) is 6.94. The lowest BCUT2D eigenvalue weighted by Gasteiger charge is -2.30. The SMILES string of the molecule is Cc1cc2ccccc2n1C(C=S)(C(=O)O)c1ccccc1. The largest absolute Gasteiger partial charge is 0.479 e. The van der Waals surface area contributed by atoms with E-state index in [9.17, 15) is 9.90 Å². The van der Waals surface area contributed by atoms with Gasteiger partial charge in [-0.3, -0.25) is 0 Å². The minimum Gasteiger partial charge on any atom is -0.479 e. The maximum atomic E-state index is 12.2. The van der Waals surface area contributed by atoms with Gasteiger partial charge in [-0.15, -0.1) is 0 Å². The number of carbonyl (C=O) groups is 1. The Balaban J connectivity index is 2.42. The molecule has 0 aliphatic heterocycles. The Labute approximate surface area is 133 Å². The molecular weight excluding hydrogens is 294 g/mol. The van der Waals surface area contributed by atoms with Gasteiger partial charge in [-0.2, -0.15) is 0 Å². The van der Waals surface area contributed by atoms with Gasteiger partial charge >= 0.3 is 5.97 Å². The molecular formula is C18H15NO2S. The number of para-hydroxylation sites is 1. The van der Waals surface area contributed by atoms with Crippen LogP contribution in [-0.4, -0.2) is 21.0 Å². The maximum absolute atomic E-state index is 12.2. The average Bonchev–Trinajstić information content (AvgIpc) is 2.86. The second-order valence-electron chi connectivity index (χ2n) is 5.24. The van der Waals surface area contributed by atoms with Crippen LogP contribution in [0.4, 0.5) is 0 Å². The Morgan fingerprint density at radius 2 is 1.77 bits per heavy atom. The van der Waals surface area contributed by atoms with E-state index in [-0.39, 0.29) is 0 Å². The molecule has 0 aliphatic carbocycles. The lowest BCUT2D eigenvalue weighted by atomic mass is 9.91. The fourth-order valence-corrected chi connectivity index (χ4v) is 3.31. The third-order valence-electron chi connectivity index (χ3n) is 3.96. The lowest BCUT2D eigenvalue weighted by Crippen LogP contribution is -2.44. The molecule has 0 aliphatic rings. The van der Waals surface area contributed by atoms with Gasteiger partial charge in [0.2, 0.25) is 0 Å². The molecule has 1 heterocycles. The summed E-state index contributed by atoms with van der Waals surface area (Å²) in [7, 11) is 0. The van der Waals surface area contributed by atoms with Gasteiger partial charge in [0.05, 0.1) is 0 Å². The first kappa shape index (κ1) is 14.5. The Morgan fingerprint density at radius 1 is 1.14 bits per heavy atom. The molecule has 0 fully saturated rings. The fraction of sp³-hybridized carbons (Fsp3) is 0.111. The summed E-state index contributed by atoms with van der Waals surface area (Å²) < 4.78 is 1.80. The first-order valence-corrected chi connectivity index (χ1v) is 7.41. The zero-order chi connectivity index (χ0) is 15.7. The summed E-state index contributed by atoms with van der Waals surface area (Å²) >= 11 is 5.19. The zero-order valence-corrected chi connectivity index (χ0v) is 12.9. The van der Waals surface area contributed by atoms with Crippen molar-refractivity contribution in [2.24, 2.45) is 0 Å². The van der Waals surface area contributed by atoms with Crippen LogP contribution in [0.25, 0.3) is 10.9 Å². The number of aromatic nitrogens is 1. The summed E-state index contributed by atoms with van der Waals surface area (Å²) in [4.78, 5) is 12.2. The van der Waals surface area contributed by atoms with Crippen LogP contribution in [0.5, 0.6) is 0 Å². The first-order chi connectivity index (χ1) is 10.6. The van der Waals surface area contributed by atoms with Crippen LogP contribution in [0.2, 0.25) is 0 Å². The van der Waals surface area contributed by atoms with E-state index in [1.165, 1.54) is 5.37 Å². The number of aliphatic carboxylic acids is 1. The van der Waals surface area contributed by atoms with E-state index in [2.05, 4.69) is 0 Å². The predicted molar refractivity (Wildman–Crippen MR) is 91.5 cm³/mol. The van der Waals surface area contributed by atoms with E-state index < -0.39 is 11.5 Å². The minimum atomic E-state index is -1.40. The van der Waals surface area contributed by atoms with Crippen molar-refractivity contribution in [3.63, 3.8) is 0 Å². The highest BCUT2D eigenvalue weighted by Crippen LogP contribution is 2.32. The van der Waals surface area contributed by atoms with Gasteiger partial charge in [0.15, 0.2) is 5.54 Å². The van der Waals surface area contributed by atoms with Crippen molar-refractivity contribution in [2.75, 3.05) is 0 Å². The Morgan fingerprint density at radius 3 is 2.41 bits per heavy atom. The molecule has 3 rings (SSSR count). The van der Waals surface area contributed by atoms with Crippen molar-refractivity contribution in [1.82, 2.24) is 4.57 Å². The van der Waals surface area contributed by atoms with Crippen molar-refractivity contribution in [1.29, 1.82) is 0 Å². The number of hydrogen-bond donors (Lipinski definition) is 1. The van der Waals surface area contributed by atoms with Crippen LogP contribution in [-0.2, 0) is 10.3 Å². The van der Waals surface area contributed by atoms with Crippen molar-refractivity contribution >= 4 is 34.5 Å². The standard InChI is InChI=1S/C18H15NO2S/c1-13-11-14-7-5-6-10-16(14)19(13)18(12-22,17(20)21)15-8-3-2-4-9-15/h2-12H,1H3,(H,20,21). The Bertz CT molecular complexity index is 854. The molecule has 0 amide bonds. The molecule has 1 atom stereocenters. The third kappa shape index (κ3) is 1.96. The molecule has 0 saturated heterocycles. The molecule has 0 saturated carbocycles. The molecule has 0 bridgehead atoms. The summed E-state index contributed by atoms with van der Waals surface area (Å²) in [5, 5.41) is 12.4. The lowest BCUT2D eigenvalue weighted by molar-refractivity contribution is -0.141. The molecule has 3 aromatic rings. The number of carboxylic acids is 1. The number of fused-ring (bicyclic) bond motifs is 1. The van der Waals surface area contributed by atoms with Gasteiger partial charge in [-0.1, -0.05) is 60.7 Å². The van der Waals surface area contributed by atoms with Crippen LogP contribution in [0.3, 0.4) is 0 Å². The molecule has 3 nitrogen and oxygen atoms in total. The molecule has 1 N–H and O–H groups in total. The topological polar surface area (TPSA) is 42.2 Å². The smallest absolute Gasteiger partial charge is 0.339 e. The summed E-state index contributed by atoms with van der Waals surface area (Å²) in [5.41, 5.74) is 0.951. The van der Waals surface area contributed by atoms with Gasteiger partial charge < -0.3 is 9.67 Å². The number of aryl methyl sites for hydroxylation is 1. The van der Waals surface area contributed by atoms with Gasteiger partial charge in [-0.05, 0) is 30.0 Å². The zero-order valence-electron chi connectivity index (χ0n) is 12.1. The van der Waals surface area contributed by atoms with Gasteiger partial charge in [-0.25, -0.2) is 4.79 Å². The van der Waals surface area contributed by atoms with Crippen LogP contribution in [0.15, 0.2) is 60.7 Å².